The molecule has 1 amide bonds. The number of aryl methyl sites for hydroxylation is 2. The van der Waals surface area contributed by atoms with Crippen LogP contribution in [0, 0.1) is 13.8 Å². The van der Waals surface area contributed by atoms with E-state index in [9.17, 15) is 14.7 Å². The number of carbonyl (C=O) groups excluding carboxylic acids is 1. The summed E-state index contributed by atoms with van der Waals surface area (Å²) in [6.07, 6.45) is 0.719. The quantitative estimate of drug-likeness (QED) is 0.822. The lowest BCUT2D eigenvalue weighted by molar-refractivity contribution is 0.0901. The predicted octanol–water partition coefficient (Wildman–Crippen LogP) is 0.244. The molecule has 2 aromatic rings. The number of amides is 1. The van der Waals surface area contributed by atoms with Crippen molar-refractivity contribution in [3.8, 4) is 0 Å². The molecule has 0 aliphatic heterocycles. The van der Waals surface area contributed by atoms with Crippen LogP contribution >= 0.6 is 0 Å². The number of aliphatic hydroxyl groups is 1. The molecule has 2 rings (SSSR count). The summed E-state index contributed by atoms with van der Waals surface area (Å²) in [4.78, 5) is 23.5. The molecule has 0 unspecified atom stereocenters. The largest absolute Gasteiger partial charge is 0.389 e. The van der Waals surface area contributed by atoms with Gasteiger partial charge in [-0.3, -0.25) is 9.59 Å². The Bertz CT molecular complexity index is 670. The van der Waals surface area contributed by atoms with E-state index in [4.69, 9.17) is 4.52 Å². The second-order valence-corrected chi connectivity index (χ2v) is 4.75. The lowest BCUT2D eigenvalue weighted by Crippen LogP contribution is -2.36. The summed E-state index contributed by atoms with van der Waals surface area (Å²) >= 11 is 0. The van der Waals surface area contributed by atoms with Crippen LogP contribution in [0.1, 0.15) is 21.8 Å². The fraction of sp³-hybridized carbons (Fsp3) is 0.357. The van der Waals surface area contributed by atoms with Gasteiger partial charge < -0.3 is 19.5 Å². The summed E-state index contributed by atoms with van der Waals surface area (Å²) in [7, 11) is 0. The number of nitrogens with zero attached hydrogens (tertiary/aromatic N) is 2. The van der Waals surface area contributed by atoms with E-state index in [0.717, 1.165) is 0 Å². The van der Waals surface area contributed by atoms with Gasteiger partial charge in [0.15, 0.2) is 0 Å². The highest BCUT2D eigenvalue weighted by molar-refractivity contribution is 5.96. The van der Waals surface area contributed by atoms with Crippen LogP contribution in [0.4, 0.5) is 0 Å². The number of hydrogen-bond acceptors (Lipinski definition) is 5. The van der Waals surface area contributed by atoms with E-state index in [1.165, 1.54) is 10.6 Å². The molecule has 0 saturated heterocycles. The molecule has 0 bridgehead atoms. The van der Waals surface area contributed by atoms with Gasteiger partial charge in [-0.1, -0.05) is 11.2 Å². The first kappa shape index (κ1) is 15.0. The van der Waals surface area contributed by atoms with Gasteiger partial charge in [0.05, 0.1) is 18.3 Å². The molecule has 0 aromatic carbocycles. The van der Waals surface area contributed by atoms with Crippen LogP contribution < -0.4 is 10.9 Å². The number of hydrogen-bond donors (Lipinski definition) is 2. The molecule has 0 spiro atoms. The Labute approximate surface area is 121 Å². The van der Waals surface area contributed by atoms with Crippen LogP contribution in [-0.4, -0.2) is 33.4 Å². The number of rotatable bonds is 5. The zero-order chi connectivity index (χ0) is 15.4. The van der Waals surface area contributed by atoms with Crippen molar-refractivity contribution in [1.82, 2.24) is 15.0 Å². The van der Waals surface area contributed by atoms with Gasteiger partial charge >= 0.3 is 0 Å². The van der Waals surface area contributed by atoms with E-state index in [1.54, 1.807) is 32.2 Å². The van der Waals surface area contributed by atoms with Gasteiger partial charge in [0.2, 0.25) is 0 Å². The topological polar surface area (TPSA) is 97.4 Å². The van der Waals surface area contributed by atoms with Crippen LogP contribution in [0.2, 0.25) is 0 Å². The summed E-state index contributed by atoms with van der Waals surface area (Å²) in [6, 6.07) is 4.75. The lowest BCUT2D eigenvalue weighted by atomic mass is 10.2. The Kier molecular flexibility index (Phi) is 4.54. The van der Waals surface area contributed by atoms with E-state index < -0.39 is 6.10 Å². The fourth-order valence-corrected chi connectivity index (χ4v) is 2.01. The van der Waals surface area contributed by atoms with Crippen molar-refractivity contribution in [2.24, 2.45) is 0 Å². The average Bonchev–Trinajstić information content (AvgIpc) is 2.78. The molecule has 2 heterocycles. The Balaban J connectivity index is 1.93. The molecule has 1 atom stereocenters. The summed E-state index contributed by atoms with van der Waals surface area (Å²) in [5, 5.41) is 16.2. The second kappa shape index (κ2) is 6.36. The smallest absolute Gasteiger partial charge is 0.256 e. The fourth-order valence-electron chi connectivity index (χ4n) is 2.01. The molecule has 0 saturated carbocycles. The van der Waals surface area contributed by atoms with Crippen LogP contribution in [-0.2, 0) is 6.54 Å². The molecule has 7 heteroatoms. The van der Waals surface area contributed by atoms with Gasteiger partial charge in [-0.2, -0.15) is 0 Å². The highest BCUT2D eigenvalue weighted by Gasteiger charge is 2.18. The second-order valence-electron chi connectivity index (χ2n) is 4.75. The van der Waals surface area contributed by atoms with Crippen molar-refractivity contribution in [3.05, 3.63) is 51.8 Å². The molecule has 112 valence electrons. The van der Waals surface area contributed by atoms with E-state index in [1.807, 2.05) is 0 Å². The van der Waals surface area contributed by atoms with E-state index in [2.05, 4.69) is 10.5 Å². The summed E-state index contributed by atoms with van der Waals surface area (Å²) < 4.78 is 6.30. The number of aliphatic hydroxyl groups excluding tert-OH is 1. The highest BCUT2D eigenvalue weighted by Crippen LogP contribution is 2.11. The summed E-state index contributed by atoms with van der Waals surface area (Å²) in [6.45, 7) is 3.46. The summed E-state index contributed by atoms with van der Waals surface area (Å²) in [5.41, 5.74) is 0.673. The van der Waals surface area contributed by atoms with Crippen LogP contribution in [0.15, 0.2) is 33.7 Å². The van der Waals surface area contributed by atoms with E-state index in [-0.39, 0.29) is 24.6 Å². The number of carbonyl (C=O) groups is 1. The standard InChI is InChI=1S/C14H17N3O4/c1-9-13(10(2)21-16-9)14(20)15-7-11(18)8-17-6-4-3-5-12(17)19/h3-6,11,18H,7-8H2,1-2H3,(H,15,20)/t11-/m0/s1. The zero-order valence-corrected chi connectivity index (χ0v) is 11.9. The Morgan fingerprint density at radius 3 is 2.86 bits per heavy atom. The molecule has 0 fully saturated rings. The maximum Gasteiger partial charge on any atom is 0.256 e. The van der Waals surface area contributed by atoms with Crippen molar-refractivity contribution in [2.45, 2.75) is 26.5 Å². The first-order chi connectivity index (χ1) is 9.99. The monoisotopic (exact) mass is 291 g/mol. The van der Waals surface area contributed by atoms with Crippen molar-refractivity contribution in [1.29, 1.82) is 0 Å². The average molecular weight is 291 g/mol. The van der Waals surface area contributed by atoms with Gasteiger partial charge in [0.1, 0.15) is 11.3 Å². The maximum atomic E-state index is 12.0. The van der Waals surface area contributed by atoms with Crippen LogP contribution in [0.25, 0.3) is 0 Å². The van der Waals surface area contributed by atoms with Gasteiger partial charge in [-0.25, -0.2) is 0 Å². The molecule has 2 aromatic heterocycles. The van der Waals surface area contributed by atoms with Gasteiger partial charge in [-0.15, -0.1) is 0 Å². The van der Waals surface area contributed by atoms with Crippen molar-refractivity contribution in [3.63, 3.8) is 0 Å². The Morgan fingerprint density at radius 1 is 1.48 bits per heavy atom. The third-order valence-corrected chi connectivity index (χ3v) is 3.07. The Morgan fingerprint density at radius 2 is 2.24 bits per heavy atom. The third-order valence-electron chi connectivity index (χ3n) is 3.07. The normalized spacial score (nSPS) is 12.1. The van der Waals surface area contributed by atoms with Gasteiger partial charge in [0, 0.05) is 18.8 Å². The first-order valence-corrected chi connectivity index (χ1v) is 6.53. The molecular weight excluding hydrogens is 274 g/mol. The first-order valence-electron chi connectivity index (χ1n) is 6.53. The third kappa shape index (κ3) is 3.57. The minimum absolute atomic E-state index is 0.0320. The molecule has 0 aliphatic carbocycles. The number of nitrogens with one attached hydrogen (secondary N) is 1. The number of pyridine rings is 1. The van der Waals surface area contributed by atoms with Gasteiger partial charge in [-0.05, 0) is 19.9 Å². The maximum absolute atomic E-state index is 12.0. The van der Waals surface area contributed by atoms with Crippen LogP contribution in [0.3, 0.4) is 0 Å². The molecule has 7 nitrogen and oxygen atoms in total. The van der Waals surface area contributed by atoms with Gasteiger partial charge in [0.25, 0.3) is 11.5 Å². The molecule has 0 radical (unpaired) electrons. The SMILES string of the molecule is Cc1noc(C)c1C(=O)NC[C@H](O)Cn1ccccc1=O. The zero-order valence-electron chi connectivity index (χ0n) is 11.9. The predicted molar refractivity (Wildman–Crippen MR) is 75.0 cm³/mol. The van der Waals surface area contributed by atoms with E-state index in [0.29, 0.717) is 17.0 Å². The molecule has 0 aliphatic rings. The summed E-state index contributed by atoms with van der Waals surface area (Å²) in [5.74, 6) is 0.0736. The minimum atomic E-state index is -0.866. The lowest BCUT2D eigenvalue weighted by Gasteiger charge is -2.13. The molecular formula is C14H17N3O4. The molecule has 21 heavy (non-hydrogen) atoms. The highest BCUT2D eigenvalue weighted by atomic mass is 16.5. The van der Waals surface area contributed by atoms with Crippen molar-refractivity contribution < 1.29 is 14.4 Å². The van der Waals surface area contributed by atoms with Crippen molar-refractivity contribution >= 4 is 5.91 Å². The Hall–Kier alpha value is -2.41. The van der Waals surface area contributed by atoms with Crippen LogP contribution in [0.5, 0.6) is 0 Å². The molecule has 2 N–H and O–H groups in total. The van der Waals surface area contributed by atoms with E-state index >= 15 is 0 Å². The number of aromatic nitrogens is 2. The van der Waals surface area contributed by atoms with Crippen molar-refractivity contribution in [2.75, 3.05) is 6.54 Å². The minimum Gasteiger partial charge on any atom is -0.389 e.